The van der Waals surface area contributed by atoms with Crippen molar-refractivity contribution in [1.82, 2.24) is 9.55 Å². The smallest absolute Gasteiger partial charge is 0.337 e. The molecule has 0 saturated carbocycles. The second-order valence-electron chi connectivity index (χ2n) is 5.47. The Morgan fingerprint density at radius 2 is 1.96 bits per heavy atom. The quantitative estimate of drug-likeness (QED) is 0.622. The molecule has 0 aliphatic heterocycles. The van der Waals surface area contributed by atoms with Crippen molar-refractivity contribution < 1.29 is 9.53 Å². The monoisotopic (exact) mass is 384 g/mol. The van der Waals surface area contributed by atoms with Crippen LogP contribution in [0.3, 0.4) is 0 Å². The normalized spacial score (nSPS) is 10.6. The molecule has 0 fully saturated rings. The van der Waals surface area contributed by atoms with Crippen LogP contribution in [-0.4, -0.2) is 22.6 Å². The van der Waals surface area contributed by atoms with Crippen molar-refractivity contribution in [1.29, 1.82) is 0 Å². The Morgan fingerprint density at radius 1 is 1.17 bits per heavy atom. The number of carbonyl (C=O) groups excluding carboxylic acids is 1. The number of esters is 1. The Labute approximate surface area is 149 Å². The number of carbonyl (C=O) groups is 1. The van der Waals surface area contributed by atoms with E-state index in [1.165, 1.54) is 12.7 Å². The van der Waals surface area contributed by atoms with E-state index in [1.807, 2.05) is 36.5 Å². The first-order valence-corrected chi connectivity index (χ1v) is 8.37. The van der Waals surface area contributed by atoms with Crippen LogP contribution in [0.15, 0.2) is 65.4 Å². The first-order chi connectivity index (χ1) is 11.7. The zero-order chi connectivity index (χ0) is 16.9. The minimum atomic E-state index is -0.322. The van der Waals surface area contributed by atoms with Gasteiger partial charge < -0.3 is 9.30 Å². The molecule has 24 heavy (non-hydrogen) atoms. The molecule has 0 radical (unpaired) electrons. The van der Waals surface area contributed by atoms with Crippen molar-refractivity contribution in [3.05, 3.63) is 87.9 Å². The van der Waals surface area contributed by atoms with E-state index in [9.17, 15) is 4.79 Å². The molecule has 1 aromatic heterocycles. The number of ether oxygens (including phenoxy) is 1. The molecule has 0 amide bonds. The molecule has 1 heterocycles. The lowest BCUT2D eigenvalue weighted by Gasteiger charge is -2.09. The summed E-state index contributed by atoms with van der Waals surface area (Å²) in [6.07, 6.45) is 4.51. The molecule has 3 rings (SSSR count). The fourth-order valence-corrected chi connectivity index (χ4v) is 3.04. The van der Waals surface area contributed by atoms with Crippen LogP contribution in [0.2, 0.25) is 0 Å². The standard InChI is InChI=1S/C19H17BrN2O2/c1-24-19(23)16-6-2-5-15(10-16)13-22-9-8-21-18(22)12-14-4-3-7-17(20)11-14/h2-11H,12-13H2,1H3. The van der Waals surface area contributed by atoms with E-state index in [0.29, 0.717) is 12.1 Å². The van der Waals surface area contributed by atoms with E-state index in [1.54, 1.807) is 12.3 Å². The highest BCUT2D eigenvalue weighted by Gasteiger charge is 2.08. The van der Waals surface area contributed by atoms with E-state index < -0.39 is 0 Å². The van der Waals surface area contributed by atoms with Crippen LogP contribution in [0.25, 0.3) is 0 Å². The van der Waals surface area contributed by atoms with Gasteiger partial charge >= 0.3 is 5.97 Å². The molecule has 0 spiro atoms. The second-order valence-corrected chi connectivity index (χ2v) is 6.39. The number of hydrogen-bond acceptors (Lipinski definition) is 3. The van der Waals surface area contributed by atoms with Crippen LogP contribution in [0.1, 0.15) is 27.3 Å². The summed E-state index contributed by atoms with van der Waals surface area (Å²) in [6, 6.07) is 15.7. The minimum Gasteiger partial charge on any atom is -0.465 e. The number of benzene rings is 2. The average Bonchev–Trinajstić information content (AvgIpc) is 3.01. The van der Waals surface area contributed by atoms with Gasteiger partial charge in [0.05, 0.1) is 12.7 Å². The molecule has 0 bridgehead atoms. The summed E-state index contributed by atoms with van der Waals surface area (Å²) < 4.78 is 7.93. The summed E-state index contributed by atoms with van der Waals surface area (Å²) in [5.41, 5.74) is 2.79. The zero-order valence-electron chi connectivity index (χ0n) is 13.3. The summed E-state index contributed by atoms with van der Waals surface area (Å²) in [5.74, 6) is 0.661. The summed E-state index contributed by atoms with van der Waals surface area (Å²) in [6.45, 7) is 0.661. The molecule has 0 atom stereocenters. The van der Waals surface area contributed by atoms with E-state index in [2.05, 4.69) is 37.6 Å². The molecule has 2 aromatic carbocycles. The SMILES string of the molecule is COC(=O)c1cccc(Cn2ccnc2Cc2cccc(Br)c2)c1. The van der Waals surface area contributed by atoms with Crippen molar-refractivity contribution in [3.8, 4) is 0 Å². The lowest BCUT2D eigenvalue weighted by Crippen LogP contribution is -2.07. The number of halogens is 1. The van der Waals surface area contributed by atoms with Crippen molar-refractivity contribution in [2.24, 2.45) is 0 Å². The Bertz CT molecular complexity index is 858. The van der Waals surface area contributed by atoms with Crippen LogP contribution in [0.4, 0.5) is 0 Å². The highest BCUT2D eigenvalue weighted by Crippen LogP contribution is 2.16. The van der Waals surface area contributed by atoms with Gasteiger partial charge in [0, 0.05) is 29.8 Å². The number of methoxy groups -OCH3 is 1. The molecule has 0 N–H and O–H groups in total. The number of rotatable bonds is 5. The number of nitrogens with zero attached hydrogens (tertiary/aromatic N) is 2. The van der Waals surface area contributed by atoms with E-state index in [-0.39, 0.29) is 5.97 Å². The van der Waals surface area contributed by atoms with Gasteiger partial charge in [-0.1, -0.05) is 40.2 Å². The molecule has 122 valence electrons. The highest BCUT2D eigenvalue weighted by atomic mass is 79.9. The lowest BCUT2D eigenvalue weighted by molar-refractivity contribution is 0.0600. The van der Waals surface area contributed by atoms with Gasteiger partial charge in [0.25, 0.3) is 0 Å². The van der Waals surface area contributed by atoms with Gasteiger partial charge in [-0.2, -0.15) is 0 Å². The van der Waals surface area contributed by atoms with E-state index >= 15 is 0 Å². The van der Waals surface area contributed by atoms with Gasteiger partial charge in [-0.25, -0.2) is 9.78 Å². The van der Waals surface area contributed by atoms with Gasteiger partial charge in [0.2, 0.25) is 0 Å². The third-order valence-electron chi connectivity index (χ3n) is 3.75. The van der Waals surface area contributed by atoms with Crippen LogP contribution in [0, 0.1) is 0 Å². The largest absolute Gasteiger partial charge is 0.465 e. The van der Waals surface area contributed by atoms with Crippen LogP contribution in [-0.2, 0) is 17.7 Å². The summed E-state index contributed by atoms with van der Waals surface area (Å²) in [4.78, 5) is 16.1. The summed E-state index contributed by atoms with van der Waals surface area (Å²) >= 11 is 3.50. The zero-order valence-corrected chi connectivity index (χ0v) is 14.9. The average molecular weight is 385 g/mol. The maximum atomic E-state index is 11.7. The molecular formula is C19H17BrN2O2. The Morgan fingerprint density at radius 3 is 2.75 bits per heavy atom. The Balaban J connectivity index is 1.80. The third kappa shape index (κ3) is 3.92. The maximum Gasteiger partial charge on any atom is 0.337 e. The molecular weight excluding hydrogens is 368 g/mol. The Kier molecular flexibility index (Phi) is 5.11. The maximum absolute atomic E-state index is 11.7. The predicted octanol–water partition coefficient (Wildman–Crippen LogP) is 4.07. The molecule has 3 aromatic rings. The van der Waals surface area contributed by atoms with Crippen molar-refractivity contribution in [2.75, 3.05) is 7.11 Å². The lowest BCUT2D eigenvalue weighted by atomic mass is 10.1. The van der Waals surface area contributed by atoms with Gasteiger partial charge in [-0.3, -0.25) is 0 Å². The van der Waals surface area contributed by atoms with E-state index in [0.717, 1.165) is 22.3 Å². The van der Waals surface area contributed by atoms with Gasteiger partial charge in [-0.15, -0.1) is 0 Å². The Hall–Kier alpha value is -2.40. The summed E-state index contributed by atoms with van der Waals surface area (Å²) in [7, 11) is 1.39. The van der Waals surface area contributed by atoms with Gasteiger partial charge in [0.15, 0.2) is 0 Å². The number of hydrogen-bond donors (Lipinski definition) is 0. The van der Waals surface area contributed by atoms with Crippen molar-refractivity contribution in [2.45, 2.75) is 13.0 Å². The van der Waals surface area contributed by atoms with Crippen molar-refractivity contribution in [3.63, 3.8) is 0 Å². The third-order valence-corrected chi connectivity index (χ3v) is 4.25. The molecule has 4 nitrogen and oxygen atoms in total. The molecule has 5 heteroatoms. The summed E-state index contributed by atoms with van der Waals surface area (Å²) in [5, 5.41) is 0. The first kappa shape index (κ1) is 16.5. The van der Waals surface area contributed by atoms with Gasteiger partial charge in [0.1, 0.15) is 5.82 Å². The van der Waals surface area contributed by atoms with Crippen molar-refractivity contribution >= 4 is 21.9 Å². The second kappa shape index (κ2) is 7.45. The van der Waals surface area contributed by atoms with Crippen LogP contribution < -0.4 is 0 Å². The molecule has 0 unspecified atom stereocenters. The number of imidazole rings is 1. The molecule has 0 saturated heterocycles. The fraction of sp³-hybridized carbons (Fsp3) is 0.158. The first-order valence-electron chi connectivity index (χ1n) is 7.57. The fourth-order valence-electron chi connectivity index (χ4n) is 2.59. The molecule has 0 aliphatic carbocycles. The predicted molar refractivity (Wildman–Crippen MR) is 96.1 cm³/mol. The minimum absolute atomic E-state index is 0.322. The van der Waals surface area contributed by atoms with Crippen LogP contribution >= 0.6 is 15.9 Å². The van der Waals surface area contributed by atoms with Crippen LogP contribution in [0.5, 0.6) is 0 Å². The highest BCUT2D eigenvalue weighted by molar-refractivity contribution is 9.10. The van der Waals surface area contributed by atoms with Gasteiger partial charge in [-0.05, 0) is 35.4 Å². The molecule has 0 aliphatic rings. The topological polar surface area (TPSA) is 44.1 Å². The number of aromatic nitrogens is 2. The van der Waals surface area contributed by atoms with E-state index in [4.69, 9.17) is 4.74 Å².